The highest BCUT2D eigenvalue weighted by molar-refractivity contribution is 7.99. The summed E-state index contributed by atoms with van der Waals surface area (Å²) in [6.45, 7) is 0.0362. The Bertz CT molecular complexity index is 446. The van der Waals surface area contributed by atoms with Crippen molar-refractivity contribution in [2.75, 3.05) is 26.1 Å². The maximum atomic E-state index is 13.0. The monoisotopic (exact) mass is 305 g/mol. The lowest BCUT2D eigenvalue weighted by molar-refractivity contribution is -0.122. The molecular formula is C13H17F2NO3S. The van der Waals surface area contributed by atoms with Gasteiger partial charge in [-0.05, 0) is 18.2 Å². The first-order valence-electron chi connectivity index (χ1n) is 6.03. The van der Waals surface area contributed by atoms with E-state index in [4.69, 9.17) is 9.84 Å². The first kappa shape index (κ1) is 16.9. The van der Waals surface area contributed by atoms with Crippen LogP contribution in [0.5, 0.6) is 0 Å². The third-order valence-electron chi connectivity index (χ3n) is 2.44. The maximum Gasteiger partial charge on any atom is 0.221 e. The van der Waals surface area contributed by atoms with E-state index in [-0.39, 0.29) is 25.5 Å². The molecule has 1 rings (SSSR count). The van der Waals surface area contributed by atoms with Gasteiger partial charge in [-0.2, -0.15) is 0 Å². The number of amides is 1. The first-order chi connectivity index (χ1) is 9.56. The largest absolute Gasteiger partial charge is 0.394 e. The lowest BCUT2D eigenvalue weighted by atomic mass is 10.3. The molecule has 0 aliphatic carbocycles. The van der Waals surface area contributed by atoms with E-state index >= 15 is 0 Å². The summed E-state index contributed by atoms with van der Waals surface area (Å²) >= 11 is 1.26. The number of hydrogen-bond acceptors (Lipinski definition) is 4. The average molecular weight is 305 g/mol. The number of aliphatic hydroxyl groups excluding tert-OH is 1. The van der Waals surface area contributed by atoms with E-state index in [1.165, 1.54) is 24.9 Å². The molecule has 0 radical (unpaired) electrons. The first-order valence-corrected chi connectivity index (χ1v) is 7.02. The Balaban J connectivity index is 2.32. The smallest absolute Gasteiger partial charge is 0.221 e. The Morgan fingerprint density at radius 3 is 2.80 bits per heavy atom. The van der Waals surface area contributed by atoms with Gasteiger partial charge in [0.1, 0.15) is 0 Å². The molecule has 0 spiro atoms. The average Bonchev–Trinajstić information content (AvgIpc) is 2.42. The zero-order valence-electron chi connectivity index (χ0n) is 11.1. The number of nitrogens with one attached hydrogen (secondary N) is 1. The van der Waals surface area contributed by atoms with Crippen LogP contribution in [0.25, 0.3) is 0 Å². The summed E-state index contributed by atoms with van der Waals surface area (Å²) < 4.78 is 30.5. The van der Waals surface area contributed by atoms with Gasteiger partial charge < -0.3 is 15.2 Å². The summed E-state index contributed by atoms with van der Waals surface area (Å²) in [5.41, 5.74) is 0. The lowest BCUT2D eigenvalue weighted by Crippen LogP contribution is -2.40. The molecule has 4 nitrogen and oxygen atoms in total. The van der Waals surface area contributed by atoms with Crippen LogP contribution in [-0.2, 0) is 9.53 Å². The number of rotatable bonds is 8. The number of methoxy groups -OCH3 is 1. The van der Waals surface area contributed by atoms with Crippen molar-refractivity contribution >= 4 is 17.7 Å². The molecule has 1 unspecified atom stereocenters. The Labute approximate surface area is 120 Å². The van der Waals surface area contributed by atoms with Gasteiger partial charge in [-0.25, -0.2) is 8.78 Å². The van der Waals surface area contributed by atoms with Crippen LogP contribution in [0.2, 0.25) is 0 Å². The number of carbonyl (C=O) groups excluding carboxylic acids is 1. The summed E-state index contributed by atoms with van der Waals surface area (Å²) in [7, 11) is 1.48. The van der Waals surface area contributed by atoms with Gasteiger partial charge in [-0.15, -0.1) is 11.8 Å². The van der Waals surface area contributed by atoms with Crippen LogP contribution in [-0.4, -0.2) is 43.1 Å². The molecule has 20 heavy (non-hydrogen) atoms. The topological polar surface area (TPSA) is 58.6 Å². The zero-order valence-corrected chi connectivity index (χ0v) is 11.9. The quantitative estimate of drug-likeness (QED) is 0.716. The Hall–Kier alpha value is -1.18. The number of halogens is 2. The lowest BCUT2D eigenvalue weighted by Gasteiger charge is -2.14. The Kier molecular flexibility index (Phi) is 7.50. The molecule has 0 aromatic heterocycles. The number of hydrogen-bond donors (Lipinski definition) is 2. The van der Waals surface area contributed by atoms with E-state index in [9.17, 15) is 13.6 Å². The van der Waals surface area contributed by atoms with Crippen molar-refractivity contribution < 1.29 is 23.4 Å². The number of carbonyl (C=O) groups is 1. The highest BCUT2D eigenvalue weighted by Crippen LogP contribution is 2.20. The summed E-state index contributed by atoms with van der Waals surface area (Å²) in [6.07, 6.45) is 0.212. The van der Waals surface area contributed by atoms with Gasteiger partial charge in [0.15, 0.2) is 11.6 Å². The van der Waals surface area contributed by atoms with Crippen LogP contribution in [0.4, 0.5) is 8.78 Å². The molecule has 1 aromatic carbocycles. The standard InChI is InChI=1S/C13H17F2NO3S/c1-19-8-9(7-17)16-13(18)4-5-20-10-2-3-11(14)12(15)6-10/h2-3,6,9,17H,4-5,7-8H2,1H3,(H,16,18). The van der Waals surface area contributed by atoms with E-state index < -0.39 is 17.7 Å². The summed E-state index contributed by atoms with van der Waals surface area (Å²) in [6, 6.07) is 3.18. The van der Waals surface area contributed by atoms with E-state index in [0.29, 0.717) is 10.6 Å². The third-order valence-corrected chi connectivity index (χ3v) is 3.44. The van der Waals surface area contributed by atoms with Crippen molar-refractivity contribution in [1.29, 1.82) is 0 Å². The van der Waals surface area contributed by atoms with Crippen molar-refractivity contribution in [1.82, 2.24) is 5.32 Å². The van der Waals surface area contributed by atoms with E-state index in [2.05, 4.69) is 5.32 Å². The fourth-order valence-corrected chi connectivity index (χ4v) is 2.34. The number of aliphatic hydroxyl groups is 1. The molecule has 0 saturated carbocycles. The zero-order chi connectivity index (χ0) is 15.0. The highest BCUT2D eigenvalue weighted by atomic mass is 32.2. The highest BCUT2D eigenvalue weighted by Gasteiger charge is 2.11. The van der Waals surface area contributed by atoms with Crippen LogP contribution in [0.3, 0.4) is 0 Å². The molecule has 0 saturated heterocycles. The van der Waals surface area contributed by atoms with Gasteiger partial charge in [0.25, 0.3) is 0 Å². The molecule has 0 bridgehead atoms. The normalized spacial score (nSPS) is 12.2. The molecular weight excluding hydrogens is 288 g/mol. The van der Waals surface area contributed by atoms with Gasteiger partial charge >= 0.3 is 0 Å². The van der Waals surface area contributed by atoms with Crippen LogP contribution in [0.15, 0.2) is 23.1 Å². The second-order valence-corrected chi connectivity index (χ2v) is 5.25. The van der Waals surface area contributed by atoms with Gasteiger partial charge in [0, 0.05) is 24.2 Å². The van der Waals surface area contributed by atoms with Crippen LogP contribution >= 0.6 is 11.8 Å². The molecule has 0 aliphatic heterocycles. The SMILES string of the molecule is COCC(CO)NC(=O)CCSc1ccc(F)c(F)c1. The molecule has 112 valence electrons. The van der Waals surface area contributed by atoms with Crippen LogP contribution < -0.4 is 5.32 Å². The van der Waals surface area contributed by atoms with Crippen molar-refractivity contribution in [2.24, 2.45) is 0 Å². The molecule has 7 heteroatoms. The summed E-state index contributed by atoms with van der Waals surface area (Å²) in [4.78, 5) is 12.1. The fourth-order valence-electron chi connectivity index (χ4n) is 1.47. The summed E-state index contributed by atoms with van der Waals surface area (Å²) in [5, 5.41) is 11.6. The predicted octanol–water partition coefficient (Wildman–Crippen LogP) is 1.57. The van der Waals surface area contributed by atoms with Crippen LogP contribution in [0.1, 0.15) is 6.42 Å². The van der Waals surface area contributed by atoms with Gasteiger partial charge in [0.2, 0.25) is 5.91 Å². The van der Waals surface area contributed by atoms with E-state index in [0.717, 1.165) is 12.1 Å². The summed E-state index contributed by atoms with van der Waals surface area (Å²) in [5.74, 6) is -1.59. The molecule has 1 atom stereocenters. The van der Waals surface area contributed by atoms with Gasteiger partial charge in [-0.1, -0.05) is 0 Å². The molecule has 0 aliphatic rings. The third kappa shape index (κ3) is 5.85. The molecule has 0 heterocycles. The van der Waals surface area contributed by atoms with Crippen molar-refractivity contribution in [3.05, 3.63) is 29.8 Å². The molecule has 2 N–H and O–H groups in total. The van der Waals surface area contributed by atoms with E-state index in [1.54, 1.807) is 0 Å². The molecule has 1 amide bonds. The minimum absolute atomic E-state index is 0.199. The number of ether oxygens (including phenoxy) is 1. The number of thioether (sulfide) groups is 1. The van der Waals surface area contributed by atoms with E-state index in [1.807, 2.05) is 0 Å². The maximum absolute atomic E-state index is 13.0. The van der Waals surface area contributed by atoms with Gasteiger partial charge in [0.05, 0.1) is 19.3 Å². The second kappa shape index (κ2) is 8.89. The Morgan fingerprint density at radius 1 is 1.45 bits per heavy atom. The second-order valence-electron chi connectivity index (χ2n) is 4.08. The van der Waals surface area contributed by atoms with Crippen molar-refractivity contribution in [2.45, 2.75) is 17.4 Å². The number of benzene rings is 1. The predicted molar refractivity (Wildman–Crippen MR) is 72.6 cm³/mol. The van der Waals surface area contributed by atoms with Crippen molar-refractivity contribution in [3.63, 3.8) is 0 Å². The minimum Gasteiger partial charge on any atom is -0.394 e. The Morgan fingerprint density at radius 2 is 2.20 bits per heavy atom. The molecule has 1 aromatic rings. The fraction of sp³-hybridized carbons (Fsp3) is 0.462. The molecule has 0 fully saturated rings. The van der Waals surface area contributed by atoms with Crippen LogP contribution in [0, 0.1) is 11.6 Å². The van der Waals surface area contributed by atoms with Crippen molar-refractivity contribution in [3.8, 4) is 0 Å². The van der Waals surface area contributed by atoms with Gasteiger partial charge in [-0.3, -0.25) is 4.79 Å². The minimum atomic E-state index is -0.903.